The van der Waals surface area contributed by atoms with E-state index in [1.165, 1.54) is 27.8 Å². The molecular formula is C43H29IN2O. The Hall–Kier alpha value is -5.46. The number of oxazole rings is 1. The molecule has 0 aliphatic heterocycles. The molecule has 0 atom stereocenters. The lowest BCUT2D eigenvalue weighted by atomic mass is 9.89. The molecular weight excluding hydrogens is 687 g/mol. The van der Waals surface area contributed by atoms with E-state index in [1.54, 1.807) is 0 Å². The minimum atomic E-state index is 0.635. The molecule has 0 amide bonds. The lowest BCUT2D eigenvalue weighted by Crippen LogP contribution is -2.09. The molecule has 4 heteroatoms. The SMILES string of the molecule is Ic1cccc2nc(-c3ccc(-c4ccccc4-c4ccccc4-c4ccc(N(c5ccccc5)c5ccccc5)cc4)cc3)oc12. The fourth-order valence-electron chi connectivity index (χ4n) is 6.16. The molecule has 3 nitrogen and oxygen atoms in total. The van der Waals surface area contributed by atoms with E-state index in [0.29, 0.717) is 5.89 Å². The molecule has 8 aromatic rings. The zero-order valence-corrected chi connectivity index (χ0v) is 27.6. The van der Waals surface area contributed by atoms with Crippen molar-refractivity contribution in [3.63, 3.8) is 0 Å². The van der Waals surface area contributed by atoms with E-state index in [9.17, 15) is 0 Å². The molecule has 7 aromatic carbocycles. The summed E-state index contributed by atoms with van der Waals surface area (Å²) >= 11 is 2.29. The summed E-state index contributed by atoms with van der Waals surface area (Å²) in [7, 11) is 0. The standard InChI is InChI=1S/C43H29IN2O/c44-40-20-11-21-41-42(40)47-43(45-41)32-24-22-30(23-25-32)36-16-7-9-18-38(36)39-19-10-8-17-37(39)31-26-28-35(29-27-31)46(33-12-3-1-4-13-33)34-14-5-2-6-15-34/h1-29H. The summed E-state index contributed by atoms with van der Waals surface area (Å²) in [6, 6.07) is 61.7. The van der Waals surface area contributed by atoms with Gasteiger partial charge in [0.1, 0.15) is 5.52 Å². The van der Waals surface area contributed by atoms with E-state index in [-0.39, 0.29) is 0 Å². The van der Waals surface area contributed by atoms with Crippen LogP contribution in [-0.4, -0.2) is 4.98 Å². The summed E-state index contributed by atoms with van der Waals surface area (Å²) in [4.78, 5) is 7.02. The molecule has 1 aromatic heterocycles. The van der Waals surface area contributed by atoms with Crippen molar-refractivity contribution in [1.82, 2.24) is 4.98 Å². The number of hydrogen-bond acceptors (Lipinski definition) is 3. The maximum Gasteiger partial charge on any atom is 0.227 e. The van der Waals surface area contributed by atoms with Gasteiger partial charge in [-0.15, -0.1) is 0 Å². The van der Waals surface area contributed by atoms with Crippen LogP contribution in [0.2, 0.25) is 0 Å². The first-order valence-electron chi connectivity index (χ1n) is 15.6. The summed E-state index contributed by atoms with van der Waals surface area (Å²) in [6.07, 6.45) is 0. The summed E-state index contributed by atoms with van der Waals surface area (Å²) in [6.45, 7) is 0. The first-order valence-corrected chi connectivity index (χ1v) is 16.7. The van der Waals surface area contributed by atoms with Crippen molar-refractivity contribution in [2.24, 2.45) is 0 Å². The molecule has 0 fully saturated rings. The van der Waals surface area contributed by atoms with Crippen molar-refractivity contribution in [2.75, 3.05) is 4.90 Å². The van der Waals surface area contributed by atoms with Crippen LogP contribution >= 0.6 is 22.6 Å². The van der Waals surface area contributed by atoms with Crippen LogP contribution in [0.1, 0.15) is 0 Å². The Morgan fingerprint density at radius 1 is 0.404 bits per heavy atom. The maximum absolute atomic E-state index is 6.14. The zero-order chi connectivity index (χ0) is 31.6. The second-order valence-corrected chi connectivity index (χ2v) is 12.5. The number of para-hydroxylation sites is 3. The predicted molar refractivity (Wildman–Crippen MR) is 203 cm³/mol. The summed E-state index contributed by atoms with van der Waals surface area (Å²) in [5.41, 5.74) is 13.1. The van der Waals surface area contributed by atoms with E-state index >= 15 is 0 Å². The molecule has 0 radical (unpaired) electrons. The van der Waals surface area contributed by atoms with E-state index < -0.39 is 0 Å². The number of aromatic nitrogens is 1. The van der Waals surface area contributed by atoms with Crippen molar-refractivity contribution in [3.8, 4) is 44.8 Å². The van der Waals surface area contributed by atoms with Gasteiger partial charge in [0.25, 0.3) is 0 Å². The normalized spacial score (nSPS) is 11.1. The Morgan fingerprint density at radius 2 is 0.851 bits per heavy atom. The first-order chi connectivity index (χ1) is 23.2. The number of fused-ring (bicyclic) bond motifs is 1. The zero-order valence-electron chi connectivity index (χ0n) is 25.4. The van der Waals surface area contributed by atoms with Crippen LogP contribution in [0.5, 0.6) is 0 Å². The second-order valence-electron chi connectivity index (χ2n) is 11.3. The number of halogens is 1. The molecule has 224 valence electrons. The highest BCUT2D eigenvalue weighted by molar-refractivity contribution is 14.1. The van der Waals surface area contributed by atoms with Crippen molar-refractivity contribution in [1.29, 1.82) is 0 Å². The van der Waals surface area contributed by atoms with E-state index in [0.717, 1.165) is 42.9 Å². The molecule has 0 bridgehead atoms. The topological polar surface area (TPSA) is 29.3 Å². The number of anilines is 3. The van der Waals surface area contributed by atoms with Gasteiger partial charge in [-0.2, -0.15) is 0 Å². The molecule has 0 aliphatic carbocycles. The van der Waals surface area contributed by atoms with Crippen LogP contribution in [0, 0.1) is 3.57 Å². The maximum atomic E-state index is 6.14. The third kappa shape index (κ3) is 5.73. The van der Waals surface area contributed by atoms with Gasteiger partial charge < -0.3 is 9.32 Å². The molecule has 0 N–H and O–H groups in total. The van der Waals surface area contributed by atoms with Crippen LogP contribution in [-0.2, 0) is 0 Å². The monoisotopic (exact) mass is 716 g/mol. The molecule has 0 aliphatic rings. The predicted octanol–water partition coefficient (Wildman–Crippen LogP) is 12.6. The van der Waals surface area contributed by atoms with Crippen LogP contribution in [0.3, 0.4) is 0 Å². The highest BCUT2D eigenvalue weighted by Gasteiger charge is 2.16. The van der Waals surface area contributed by atoms with Crippen molar-refractivity contribution < 1.29 is 4.42 Å². The Labute approximate surface area is 287 Å². The van der Waals surface area contributed by atoms with Gasteiger partial charge >= 0.3 is 0 Å². The molecule has 0 spiro atoms. The molecule has 1 heterocycles. The third-order valence-electron chi connectivity index (χ3n) is 8.42. The van der Waals surface area contributed by atoms with Gasteiger partial charge in [0.15, 0.2) is 5.58 Å². The fourth-order valence-corrected chi connectivity index (χ4v) is 6.76. The van der Waals surface area contributed by atoms with Gasteiger partial charge in [0.2, 0.25) is 5.89 Å². The Kier molecular flexibility index (Phi) is 7.85. The lowest BCUT2D eigenvalue weighted by Gasteiger charge is -2.25. The Balaban J connectivity index is 1.14. The Bertz CT molecular complexity index is 2250. The van der Waals surface area contributed by atoms with Crippen molar-refractivity contribution in [2.45, 2.75) is 0 Å². The van der Waals surface area contributed by atoms with Gasteiger partial charge in [-0.1, -0.05) is 115 Å². The largest absolute Gasteiger partial charge is 0.435 e. The summed E-state index contributed by atoms with van der Waals surface area (Å²) < 4.78 is 7.20. The second kappa shape index (κ2) is 12.7. The van der Waals surface area contributed by atoms with Gasteiger partial charge in [-0.25, -0.2) is 4.98 Å². The van der Waals surface area contributed by atoms with Crippen LogP contribution in [0.4, 0.5) is 17.1 Å². The van der Waals surface area contributed by atoms with E-state index in [2.05, 4.69) is 185 Å². The smallest absolute Gasteiger partial charge is 0.227 e. The van der Waals surface area contributed by atoms with E-state index in [4.69, 9.17) is 9.40 Å². The van der Waals surface area contributed by atoms with Crippen LogP contribution in [0.15, 0.2) is 180 Å². The minimum absolute atomic E-state index is 0.635. The molecule has 8 rings (SSSR count). The van der Waals surface area contributed by atoms with Gasteiger partial charge in [-0.3, -0.25) is 0 Å². The average Bonchev–Trinajstić information content (AvgIpc) is 3.59. The minimum Gasteiger partial charge on any atom is -0.435 e. The van der Waals surface area contributed by atoms with Gasteiger partial charge in [0.05, 0.1) is 3.57 Å². The summed E-state index contributed by atoms with van der Waals surface area (Å²) in [5, 5.41) is 0. The highest BCUT2D eigenvalue weighted by atomic mass is 127. The van der Waals surface area contributed by atoms with Crippen LogP contribution < -0.4 is 4.90 Å². The highest BCUT2D eigenvalue weighted by Crippen LogP contribution is 2.40. The molecule has 47 heavy (non-hydrogen) atoms. The van der Waals surface area contributed by atoms with Gasteiger partial charge in [0, 0.05) is 22.6 Å². The van der Waals surface area contributed by atoms with Crippen molar-refractivity contribution in [3.05, 3.63) is 179 Å². The first kappa shape index (κ1) is 29.0. The summed E-state index contributed by atoms with van der Waals surface area (Å²) in [5.74, 6) is 0.635. The molecule has 0 saturated heterocycles. The quantitative estimate of drug-likeness (QED) is 0.154. The average molecular weight is 717 g/mol. The number of benzene rings is 7. The fraction of sp³-hybridized carbons (Fsp3) is 0. The van der Waals surface area contributed by atoms with E-state index in [1.807, 2.05) is 18.2 Å². The van der Waals surface area contributed by atoms with Gasteiger partial charge in [-0.05, 0) is 117 Å². The molecule has 0 saturated carbocycles. The molecule has 0 unspecified atom stereocenters. The number of hydrogen-bond donors (Lipinski definition) is 0. The lowest BCUT2D eigenvalue weighted by molar-refractivity contribution is 0.618. The third-order valence-corrected chi connectivity index (χ3v) is 9.27. The van der Waals surface area contributed by atoms with Crippen LogP contribution in [0.25, 0.3) is 55.9 Å². The van der Waals surface area contributed by atoms with Crippen molar-refractivity contribution >= 4 is 50.8 Å². The Morgan fingerprint density at radius 3 is 1.38 bits per heavy atom. The number of nitrogens with zero attached hydrogens (tertiary/aromatic N) is 2. The number of rotatable bonds is 7.